The molecule has 0 fully saturated rings. The smallest absolute Gasteiger partial charge is 0.266 e. The maximum absolute atomic E-state index is 11.0. The number of rotatable bonds is 4. The van der Waals surface area contributed by atoms with E-state index in [4.69, 9.17) is 5.84 Å². The van der Waals surface area contributed by atoms with Crippen LogP contribution in [0, 0.1) is 20.2 Å². The van der Waals surface area contributed by atoms with E-state index in [0.717, 1.165) is 5.01 Å². The van der Waals surface area contributed by atoms with Crippen LogP contribution in [0.15, 0.2) is 48.5 Å². The Morgan fingerprint density at radius 2 is 1.15 bits per heavy atom. The van der Waals surface area contributed by atoms with Gasteiger partial charge in [-0.25, -0.2) is 5.84 Å². The Labute approximate surface area is 113 Å². The summed E-state index contributed by atoms with van der Waals surface area (Å²) in [5.41, 5.74) is -0.306. The minimum absolute atomic E-state index is 0.0757. The highest BCUT2D eigenvalue weighted by atomic mass is 16.6. The van der Waals surface area contributed by atoms with E-state index in [1.54, 1.807) is 12.1 Å². The molecule has 2 rings (SSSR count). The molecule has 0 bridgehead atoms. The van der Waals surface area contributed by atoms with Crippen molar-refractivity contribution in [3.05, 3.63) is 68.8 Å². The Kier molecular flexibility index (Phi) is 3.58. The third-order valence-corrected chi connectivity index (χ3v) is 2.68. The van der Waals surface area contributed by atoms with E-state index in [2.05, 4.69) is 0 Å². The second-order valence-electron chi connectivity index (χ2n) is 3.86. The molecule has 0 amide bonds. The van der Waals surface area contributed by atoms with Gasteiger partial charge in [-0.05, 0) is 12.1 Å². The van der Waals surface area contributed by atoms with Gasteiger partial charge < -0.3 is 0 Å². The number of hydrogen-bond acceptors (Lipinski definition) is 6. The number of benzene rings is 2. The molecule has 0 radical (unpaired) electrons. The zero-order valence-corrected chi connectivity index (χ0v) is 10.2. The number of para-hydroxylation sites is 4. The standard InChI is InChI=1S/C12H10N4O4/c13-14(9-5-1-3-7-11(9)15(17)18)10-6-2-4-8-12(10)16(19)20/h1-8H,13H2. The molecule has 0 aromatic heterocycles. The molecule has 102 valence electrons. The molecular formula is C12H10N4O4. The number of nitro benzene ring substituents is 2. The van der Waals surface area contributed by atoms with Crippen LogP contribution in [0.3, 0.4) is 0 Å². The van der Waals surface area contributed by atoms with Crippen molar-refractivity contribution in [1.82, 2.24) is 0 Å². The van der Waals surface area contributed by atoms with E-state index in [1.165, 1.54) is 36.4 Å². The highest BCUT2D eigenvalue weighted by molar-refractivity contribution is 5.76. The lowest BCUT2D eigenvalue weighted by Gasteiger charge is -2.18. The Morgan fingerprint density at radius 3 is 1.50 bits per heavy atom. The van der Waals surface area contributed by atoms with E-state index in [-0.39, 0.29) is 22.7 Å². The molecule has 0 heterocycles. The van der Waals surface area contributed by atoms with Crippen LogP contribution in [-0.4, -0.2) is 9.85 Å². The number of nitrogens with two attached hydrogens (primary N) is 1. The molecule has 8 nitrogen and oxygen atoms in total. The van der Waals surface area contributed by atoms with Gasteiger partial charge in [-0.1, -0.05) is 24.3 Å². The van der Waals surface area contributed by atoms with Crippen molar-refractivity contribution in [2.75, 3.05) is 5.01 Å². The van der Waals surface area contributed by atoms with Gasteiger partial charge in [-0.15, -0.1) is 0 Å². The van der Waals surface area contributed by atoms with Gasteiger partial charge in [-0.2, -0.15) is 0 Å². The average molecular weight is 274 g/mol. The van der Waals surface area contributed by atoms with Crippen LogP contribution in [0.1, 0.15) is 0 Å². The molecular weight excluding hydrogens is 264 g/mol. The monoisotopic (exact) mass is 274 g/mol. The topological polar surface area (TPSA) is 116 Å². The van der Waals surface area contributed by atoms with Crippen LogP contribution < -0.4 is 10.9 Å². The second-order valence-corrected chi connectivity index (χ2v) is 3.86. The van der Waals surface area contributed by atoms with Crippen molar-refractivity contribution in [3.63, 3.8) is 0 Å². The first kappa shape index (κ1) is 13.4. The lowest BCUT2D eigenvalue weighted by molar-refractivity contribution is -0.384. The van der Waals surface area contributed by atoms with E-state index >= 15 is 0 Å². The Hall–Kier alpha value is -3.00. The number of hydrazine groups is 1. The van der Waals surface area contributed by atoms with Gasteiger partial charge in [0, 0.05) is 12.1 Å². The molecule has 2 N–H and O–H groups in total. The van der Waals surface area contributed by atoms with Crippen molar-refractivity contribution in [3.8, 4) is 0 Å². The van der Waals surface area contributed by atoms with Crippen molar-refractivity contribution in [2.45, 2.75) is 0 Å². The van der Waals surface area contributed by atoms with E-state index in [9.17, 15) is 20.2 Å². The fourth-order valence-electron chi connectivity index (χ4n) is 1.77. The summed E-state index contributed by atoms with van der Waals surface area (Å²) in [5, 5.41) is 22.9. The van der Waals surface area contributed by atoms with Gasteiger partial charge in [0.2, 0.25) is 0 Å². The van der Waals surface area contributed by atoms with Gasteiger partial charge >= 0.3 is 0 Å². The highest BCUT2D eigenvalue weighted by Crippen LogP contribution is 2.35. The fraction of sp³-hybridized carbons (Fsp3) is 0. The van der Waals surface area contributed by atoms with Crippen molar-refractivity contribution in [2.24, 2.45) is 5.84 Å². The first-order valence-electron chi connectivity index (χ1n) is 5.54. The molecule has 8 heteroatoms. The maximum Gasteiger partial charge on any atom is 0.294 e. The van der Waals surface area contributed by atoms with Crippen molar-refractivity contribution < 1.29 is 9.85 Å². The minimum Gasteiger partial charge on any atom is -0.266 e. The Balaban J connectivity index is 2.55. The molecule has 0 aliphatic rings. The van der Waals surface area contributed by atoms with E-state index in [1.807, 2.05) is 0 Å². The molecule has 20 heavy (non-hydrogen) atoms. The molecule has 0 aliphatic heterocycles. The Bertz CT molecular complexity index is 617. The largest absolute Gasteiger partial charge is 0.294 e. The third kappa shape index (κ3) is 2.40. The van der Waals surface area contributed by atoms with Crippen LogP contribution in [0.2, 0.25) is 0 Å². The molecule has 0 spiro atoms. The van der Waals surface area contributed by atoms with Crippen LogP contribution in [-0.2, 0) is 0 Å². The fourth-order valence-corrected chi connectivity index (χ4v) is 1.77. The van der Waals surface area contributed by atoms with E-state index < -0.39 is 9.85 Å². The highest BCUT2D eigenvalue weighted by Gasteiger charge is 2.23. The molecule has 0 unspecified atom stereocenters. The average Bonchev–Trinajstić information content (AvgIpc) is 2.46. The maximum atomic E-state index is 11.0. The first-order chi connectivity index (χ1) is 9.52. The van der Waals surface area contributed by atoms with Gasteiger partial charge in [0.1, 0.15) is 11.4 Å². The predicted molar refractivity (Wildman–Crippen MR) is 72.5 cm³/mol. The molecule has 0 aliphatic carbocycles. The summed E-state index contributed by atoms with van der Waals surface area (Å²) in [5.74, 6) is 5.82. The summed E-state index contributed by atoms with van der Waals surface area (Å²) in [6.45, 7) is 0. The second kappa shape index (κ2) is 5.33. The minimum atomic E-state index is -0.593. The summed E-state index contributed by atoms with van der Waals surface area (Å²) in [6, 6.07) is 11.5. The third-order valence-electron chi connectivity index (χ3n) is 2.68. The molecule has 0 saturated heterocycles. The SMILES string of the molecule is NN(c1ccccc1[N+](=O)[O-])c1ccccc1[N+](=O)[O-]. The number of anilines is 2. The number of nitro groups is 2. The number of nitrogens with zero attached hydrogens (tertiary/aromatic N) is 3. The lowest BCUT2D eigenvalue weighted by atomic mass is 10.2. The van der Waals surface area contributed by atoms with Crippen LogP contribution in [0.4, 0.5) is 22.7 Å². The van der Waals surface area contributed by atoms with Crippen molar-refractivity contribution in [1.29, 1.82) is 0 Å². The van der Waals surface area contributed by atoms with Crippen LogP contribution in [0.5, 0.6) is 0 Å². The quantitative estimate of drug-likeness (QED) is 0.520. The zero-order valence-electron chi connectivity index (χ0n) is 10.2. The van der Waals surface area contributed by atoms with Gasteiger partial charge in [0.25, 0.3) is 11.4 Å². The zero-order chi connectivity index (χ0) is 14.7. The Morgan fingerprint density at radius 1 is 0.800 bits per heavy atom. The van der Waals surface area contributed by atoms with Gasteiger partial charge in [0.05, 0.1) is 9.85 Å². The summed E-state index contributed by atoms with van der Waals surface area (Å²) in [6.07, 6.45) is 0. The summed E-state index contributed by atoms with van der Waals surface area (Å²) >= 11 is 0. The summed E-state index contributed by atoms with van der Waals surface area (Å²) < 4.78 is 0. The summed E-state index contributed by atoms with van der Waals surface area (Å²) in [4.78, 5) is 20.7. The first-order valence-corrected chi connectivity index (χ1v) is 5.54. The predicted octanol–water partition coefficient (Wildman–Crippen LogP) is 2.51. The molecule has 0 saturated carbocycles. The van der Waals surface area contributed by atoms with E-state index in [0.29, 0.717) is 0 Å². The lowest BCUT2D eigenvalue weighted by Crippen LogP contribution is -2.26. The van der Waals surface area contributed by atoms with Gasteiger partial charge in [-0.3, -0.25) is 25.2 Å². The number of hydrogen-bond donors (Lipinski definition) is 1. The van der Waals surface area contributed by atoms with Crippen LogP contribution in [0.25, 0.3) is 0 Å². The van der Waals surface area contributed by atoms with Gasteiger partial charge in [0.15, 0.2) is 0 Å². The molecule has 2 aromatic rings. The normalized spacial score (nSPS) is 10.1. The van der Waals surface area contributed by atoms with Crippen LogP contribution >= 0.6 is 0 Å². The summed E-state index contributed by atoms with van der Waals surface area (Å²) in [7, 11) is 0. The molecule has 0 atom stereocenters. The van der Waals surface area contributed by atoms with Crippen molar-refractivity contribution >= 4 is 22.7 Å². The molecule has 2 aromatic carbocycles.